The predicted molar refractivity (Wildman–Crippen MR) is 92.2 cm³/mol. The van der Waals surface area contributed by atoms with E-state index in [-0.39, 0.29) is 11.8 Å². The third kappa shape index (κ3) is 2.94. The number of anilines is 1. The van der Waals surface area contributed by atoms with Crippen LogP contribution in [-0.4, -0.2) is 24.7 Å². The summed E-state index contributed by atoms with van der Waals surface area (Å²) in [4.78, 5) is 12.7. The van der Waals surface area contributed by atoms with Crippen molar-refractivity contribution in [1.82, 2.24) is 24.7 Å². The zero-order chi connectivity index (χ0) is 17.2. The Labute approximate surface area is 142 Å². The molecule has 6 nitrogen and oxygen atoms in total. The lowest BCUT2D eigenvalue weighted by Gasteiger charge is -2.05. The molecule has 0 amide bonds. The van der Waals surface area contributed by atoms with Gasteiger partial charge >= 0.3 is 0 Å². The van der Waals surface area contributed by atoms with Gasteiger partial charge in [0.2, 0.25) is 5.95 Å². The number of hydrogen-bond donors (Lipinski definition) is 1. The zero-order valence-corrected chi connectivity index (χ0v) is 13.0. The van der Waals surface area contributed by atoms with Crippen LogP contribution in [0.25, 0.3) is 28.6 Å². The maximum atomic E-state index is 13.3. The first-order valence-corrected chi connectivity index (χ1v) is 7.58. The maximum absolute atomic E-state index is 13.3. The Bertz CT molecular complexity index is 1010. The summed E-state index contributed by atoms with van der Waals surface area (Å²) in [5, 5.41) is 4.57. The summed E-state index contributed by atoms with van der Waals surface area (Å²) >= 11 is 0. The molecule has 122 valence electrons. The number of aromatic nitrogens is 5. The third-order valence-corrected chi connectivity index (χ3v) is 3.61. The molecule has 0 aliphatic rings. The number of benzene rings is 2. The van der Waals surface area contributed by atoms with Crippen molar-refractivity contribution in [2.24, 2.45) is 0 Å². The van der Waals surface area contributed by atoms with Gasteiger partial charge in [0.05, 0.1) is 5.69 Å². The van der Waals surface area contributed by atoms with E-state index in [1.165, 1.54) is 12.1 Å². The van der Waals surface area contributed by atoms with E-state index in [1.807, 2.05) is 30.3 Å². The van der Waals surface area contributed by atoms with E-state index >= 15 is 0 Å². The second-order valence-corrected chi connectivity index (χ2v) is 5.31. The molecule has 0 spiro atoms. The lowest BCUT2D eigenvalue weighted by molar-refractivity contribution is 0.627. The Hall–Kier alpha value is -3.61. The molecular formula is C18H13FN6. The average Bonchev–Trinajstić information content (AvgIpc) is 3.08. The molecule has 4 rings (SSSR count). The monoisotopic (exact) mass is 332 g/mol. The molecule has 2 heterocycles. The Morgan fingerprint density at radius 1 is 0.880 bits per heavy atom. The van der Waals surface area contributed by atoms with Gasteiger partial charge < -0.3 is 5.73 Å². The van der Waals surface area contributed by atoms with Crippen LogP contribution in [0.3, 0.4) is 0 Å². The number of rotatable bonds is 3. The second-order valence-electron chi connectivity index (χ2n) is 5.31. The van der Waals surface area contributed by atoms with E-state index in [1.54, 1.807) is 29.1 Å². The predicted octanol–water partition coefficient (Wildman–Crippen LogP) is 3.11. The maximum Gasteiger partial charge on any atom is 0.220 e. The van der Waals surface area contributed by atoms with Crippen LogP contribution in [0.2, 0.25) is 0 Å². The van der Waals surface area contributed by atoms with Gasteiger partial charge in [0.1, 0.15) is 11.5 Å². The van der Waals surface area contributed by atoms with Crippen molar-refractivity contribution in [2.45, 2.75) is 0 Å². The van der Waals surface area contributed by atoms with Crippen molar-refractivity contribution in [2.75, 3.05) is 5.73 Å². The summed E-state index contributed by atoms with van der Waals surface area (Å²) in [6, 6.07) is 17.3. The number of nitrogens with two attached hydrogens (primary N) is 1. The first-order valence-electron chi connectivity index (χ1n) is 7.58. The molecule has 25 heavy (non-hydrogen) atoms. The van der Waals surface area contributed by atoms with Crippen LogP contribution >= 0.6 is 0 Å². The minimum Gasteiger partial charge on any atom is -0.368 e. The van der Waals surface area contributed by atoms with Gasteiger partial charge in [-0.25, -0.2) is 24.0 Å². The Kier molecular flexibility index (Phi) is 3.66. The molecular weight excluding hydrogens is 319 g/mol. The topological polar surface area (TPSA) is 82.5 Å². The van der Waals surface area contributed by atoms with E-state index in [4.69, 9.17) is 5.73 Å². The van der Waals surface area contributed by atoms with Gasteiger partial charge in [-0.1, -0.05) is 30.3 Å². The molecule has 0 aliphatic heterocycles. The van der Waals surface area contributed by atoms with E-state index in [2.05, 4.69) is 20.1 Å². The second kappa shape index (κ2) is 6.12. The molecule has 0 aliphatic carbocycles. The highest BCUT2D eigenvalue weighted by atomic mass is 19.1. The molecule has 0 saturated heterocycles. The zero-order valence-electron chi connectivity index (χ0n) is 13.0. The normalized spacial score (nSPS) is 10.8. The summed E-state index contributed by atoms with van der Waals surface area (Å²) < 4.78 is 14.9. The molecule has 4 aromatic rings. The van der Waals surface area contributed by atoms with Gasteiger partial charge in [-0.15, -0.1) is 5.10 Å². The first-order chi connectivity index (χ1) is 12.2. The lowest BCUT2D eigenvalue weighted by Crippen LogP contribution is -2.02. The van der Waals surface area contributed by atoms with Gasteiger partial charge in [0.25, 0.3) is 0 Å². The first kappa shape index (κ1) is 14.9. The van der Waals surface area contributed by atoms with Crippen LogP contribution in [0, 0.1) is 5.82 Å². The Morgan fingerprint density at radius 2 is 1.64 bits per heavy atom. The van der Waals surface area contributed by atoms with Crippen molar-refractivity contribution in [3.8, 4) is 28.6 Å². The number of nitrogen functional groups attached to an aromatic ring is 1. The van der Waals surface area contributed by atoms with Gasteiger partial charge in [-0.05, 0) is 30.3 Å². The van der Waals surface area contributed by atoms with Gasteiger partial charge in [0, 0.05) is 11.8 Å². The highest BCUT2D eigenvalue weighted by Gasteiger charge is 2.16. The standard InChI is InChI=1S/C18H13FN6/c19-13-6-8-14(9-7-13)25-17(15-10-11-21-18(20)22-15)23-16(24-25)12-4-2-1-3-5-12/h1-11H,(H2,20,21,22). The molecule has 2 aromatic carbocycles. The van der Waals surface area contributed by atoms with Crippen molar-refractivity contribution in [1.29, 1.82) is 0 Å². The van der Waals surface area contributed by atoms with Crippen molar-refractivity contribution < 1.29 is 4.39 Å². The summed E-state index contributed by atoms with van der Waals surface area (Å²) in [7, 11) is 0. The van der Waals surface area contributed by atoms with Crippen LogP contribution in [0.5, 0.6) is 0 Å². The molecule has 2 aromatic heterocycles. The van der Waals surface area contributed by atoms with Gasteiger partial charge in [-0.2, -0.15) is 0 Å². The SMILES string of the molecule is Nc1nccc(-c2nc(-c3ccccc3)nn2-c2ccc(F)cc2)n1. The van der Waals surface area contributed by atoms with Crippen molar-refractivity contribution in [3.63, 3.8) is 0 Å². The number of nitrogens with zero attached hydrogens (tertiary/aromatic N) is 5. The molecule has 0 unspecified atom stereocenters. The van der Waals surface area contributed by atoms with Gasteiger partial charge in [0.15, 0.2) is 11.6 Å². The molecule has 0 fully saturated rings. The van der Waals surface area contributed by atoms with Crippen molar-refractivity contribution in [3.05, 3.63) is 72.7 Å². The van der Waals surface area contributed by atoms with Crippen LogP contribution in [0.15, 0.2) is 66.9 Å². The van der Waals surface area contributed by atoms with E-state index < -0.39 is 0 Å². The summed E-state index contributed by atoms with van der Waals surface area (Å²) in [6.45, 7) is 0. The molecule has 0 atom stereocenters. The summed E-state index contributed by atoms with van der Waals surface area (Å²) in [6.07, 6.45) is 1.56. The third-order valence-electron chi connectivity index (χ3n) is 3.61. The van der Waals surface area contributed by atoms with Crippen molar-refractivity contribution >= 4 is 5.95 Å². The van der Waals surface area contributed by atoms with Crippen LogP contribution in [-0.2, 0) is 0 Å². The van der Waals surface area contributed by atoms with E-state index in [0.717, 1.165) is 5.56 Å². The Morgan fingerprint density at radius 3 is 2.36 bits per heavy atom. The van der Waals surface area contributed by atoms with E-state index in [9.17, 15) is 4.39 Å². The molecule has 7 heteroatoms. The highest BCUT2D eigenvalue weighted by molar-refractivity contribution is 5.61. The fourth-order valence-corrected chi connectivity index (χ4v) is 2.45. The molecule has 0 radical (unpaired) electrons. The summed E-state index contributed by atoms with van der Waals surface area (Å²) in [5.41, 5.74) is 7.76. The largest absolute Gasteiger partial charge is 0.368 e. The minimum atomic E-state index is -0.319. The highest BCUT2D eigenvalue weighted by Crippen LogP contribution is 2.24. The van der Waals surface area contributed by atoms with Crippen LogP contribution in [0.4, 0.5) is 10.3 Å². The van der Waals surface area contributed by atoms with Gasteiger partial charge in [-0.3, -0.25) is 0 Å². The fourth-order valence-electron chi connectivity index (χ4n) is 2.45. The Balaban J connectivity index is 1.91. The average molecular weight is 332 g/mol. The molecule has 0 saturated carbocycles. The summed E-state index contributed by atoms with van der Waals surface area (Å²) in [5.74, 6) is 0.865. The molecule has 2 N–H and O–H groups in total. The van der Waals surface area contributed by atoms with E-state index in [0.29, 0.717) is 23.0 Å². The quantitative estimate of drug-likeness (QED) is 0.623. The minimum absolute atomic E-state index is 0.146. The number of hydrogen-bond acceptors (Lipinski definition) is 5. The fraction of sp³-hybridized carbons (Fsp3) is 0. The lowest BCUT2D eigenvalue weighted by atomic mass is 10.2. The smallest absolute Gasteiger partial charge is 0.220 e. The van der Waals surface area contributed by atoms with Crippen LogP contribution < -0.4 is 5.73 Å². The van der Waals surface area contributed by atoms with Crippen LogP contribution in [0.1, 0.15) is 0 Å². The number of halogens is 1. The molecule has 0 bridgehead atoms.